The van der Waals surface area contributed by atoms with Crippen LogP contribution in [0.25, 0.3) is 11.5 Å². The lowest BCUT2D eigenvalue weighted by Gasteiger charge is -2.15. The zero-order chi connectivity index (χ0) is 17.8. The van der Waals surface area contributed by atoms with E-state index in [9.17, 15) is 9.18 Å². The van der Waals surface area contributed by atoms with Gasteiger partial charge in [-0.05, 0) is 24.3 Å². The minimum absolute atomic E-state index is 0.0832. The Balaban J connectivity index is 1.56. The summed E-state index contributed by atoms with van der Waals surface area (Å²) in [5.74, 6) is -0.281. The molecular formula is C16H13ClFN3O2S2. The van der Waals surface area contributed by atoms with Crippen LogP contribution in [0.5, 0.6) is 0 Å². The molecule has 0 saturated carbocycles. The summed E-state index contributed by atoms with van der Waals surface area (Å²) < 4.78 is 19.8. The molecule has 2 aromatic heterocycles. The number of hydrogen-bond acceptors (Lipinski definition) is 6. The van der Waals surface area contributed by atoms with E-state index in [2.05, 4.69) is 10.2 Å². The average molecular weight is 398 g/mol. The second-order valence-electron chi connectivity index (χ2n) is 5.10. The van der Waals surface area contributed by atoms with E-state index in [1.807, 2.05) is 6.07 Å². The van der Waals surface area contributed by atoms with E-state index in [0.29, 0.717) is 10.9 Å². The molecule has 0 atom stereocenters. The zero-order valence-electron chi connectivity index (χ0n) is 13.1. The van der Waals surface area contributed by atoms with Gasteiger partial charge in [-0.3, -0.25) is 4.79 Å². The maximum absolute atomic E-state index is 13.7. The summed E-state index contributed by atoms with van der Waals surface area (Å²) in [4.78, 5) is 14.8. The molecule has 0 fully saturated rings. The molecule has 1 aromatic carbocycles. The van der Waals surface area contributed by atoms with E-state index in [4.69, 9.17) is 16.0 Å². The third-order valence-electron chi connectivity index (χ3n) is 3.28. The maximum atomic E-state index is 13.7. The van der Waals surface area contributed by atoms with E-state index in [0.717, 1.165) is 16.6 Å². The Morgan fingerprint density at radius 3 is 2.84 bits per heavy atom. The van der Waals surface area contributed by atoms with Gasteiger partial charge in [0.15, 0.2) is 0 Å². The quantitative estimate of drug-likeness (QED) is 0.579. The Hall–Kier alpha value is -1.90. The van der Waals surface area contributed by atoms with Crippen LogP contribution in [-0.4, -0.2) is 33.8 Å². The molecule has 0 saturated heterocycles. The van der Waals surface area contributed by atoms with Gasteiger partial charge in [0.25, 0.3) is 11.1 Å². The van der Waals surface area contributed by atoms with Gasteiger partial charge in [-0.2, -0.15) is 0 Å². The monoisotopic (exact) mass is 397 g/mol. The number of rotatable bonds is 6. The van der Waals surface area contributed by atoms with Gasteiger partial charge in [-0.25, -0.2) is 4.39 Å². The summed E-state index contributed by atoms with van der Waals surface area (Å²) >= 11 is 8.44. The number of hydrogen-bond donors (Lipinski definition) is 0. The molecule has 0 N–H and O–H groups in total. The molecule has 2 heterocycles. The summed E-state index contributed by atoms with van der Waals surface area (Å²) in [6.45, 7) is 0.487. The van der Waals surface area contributed by atoms with Gasteiger partial charge >= 0.3 is 0 Å². The smallest absolute Gasteiger partial charge is 0.277 e. The van der Waals surface area contributed by atoms with E-state index in [1.54, 1.807) is 36.2 Å². The largest absolute Gasteiger partial charge is 0.411 e. The molecule has 3 rings (SSSR count). The number of carbonyl (C=O) groups excluding carboxylic acids is 1. The predicted molar refractivity (Wildman–Crippen MR) is 96.2 cm³/mol. The first-order chi connectivity index (χ1) is 12.0. The fraction of sp³-hybridized carbons (Fsp3) is 0.188. The lowest BCUT2D eigenvalue weighted by atomic mass is 10.2. The summed E-state index contributed by atoms with van der Waals surface area (Å²) in [6, 6.07) is 9.84. The van der Waals surface area contributed by atoms with Gasteiger partial charge in [0, 0.05) is 11.9 Å². The summed E-state index contributed by atoms with van der Waals surface area (Å²) in [6.07, 6.45) is 0. The molecule has 0 radical (unpaired) electrons. The summed E-state index contributed by atoms with van der Waals surface area (Å²) in [5, 5.41) is 7.89. The zero-order valence-corrected chi connectivity index (χ0v) is 15.5. The molecule has 9 heteroatoms. The summed E-state index contributed by atoms with van der Waals surface area (Å²) in [5.41, 5.74) is 0.236. The lowest BCUT2D eigenvalue weighted by Crippen LogP contribution is -2.27. The van der Waals surface area contributed by atoms with E-state index in [1.165, 1.54) is 17.4 Å². The van der Waals surface area contributed by atoms with Crippen LogP contribution in [0.2, 0.25) is 4.34 Å². The Morgan fingerprint density at radius 2 is 2.12 bits per heavy atom. The Bertz CT molecular complexity index is 884. The molecule has 5 nitrogen and oxygen atoms in total. The number of benzene rings is 1. The first-order valence-corrected chi connectivity index (χ1v) is 9.40. The number of thiophene rings is 1. The van der Waals surface area contributed by atoms with Crippen molar-refractivity contribution in [2.24, 2.45) is 0 Å². The maximum Gasteiger partial charge on any atom is 0.277 e. The Labute approximate surface area is 156 Å². The van der Waals surface area contributed by atoms with Gasteiger partial charge in [0.1, 0.15) is 5.82 Å². The first-order valence-electron chi connectivity index (χ1n) is 7.22. The number of carbonyl (C=O) groups is 1. The average Bonchev–Trinajstić information content (AvgIpc) is 3.22. The molecule has 130 valence electrons. The molecule has 0 aliphatic rings. The van der Waals surface area contributed by atoms with Gasteiger partial charge in [0.05, 0.1) is 22.2 Å². The molecular weight excluding hydrogens is 385 g/mol. The van der Waals surface area contributed by atoms with Crippen molar-refractivity contribution in [1.82, 2.24) is 15.1 Å². The second kappa shape index (κ2) is 7.99. The minimum atomic E-state index is -0.437. The van der Waals surface area contributed by atoms with Crippen molar-refractivity contribution in [3.8, 4) is 11.5 Å². The van der Waals surface area contributed by atoms with Crippen LogP contribution < -0.4 is 0 Å². The normalized spacial score (nSPS) is 10.8. The Morgan fingerprint density at radius 1 is 1.32 bits per heavy atom. The molecule has 0 spiro atoms. The third-order valence-corrected chi connectivity index (χ3v) is 5.30. The highest BCUT2D eigenvalue weighted by molar-refractivity contribution is 7.99. The van der Waals surface area contributed by atoms with Crippen molar-refractivity contribution >= 4 is 40.6 Å². The number of nitrogens with zero attached hydrogens (tertiary/aromatic N) is 3. The molecule has 0 aliphatic carbocycles. The number of halogens is 2. The molecule has 3 aromatic rings. The third kappa shape index (κ3) is 4.59. The number of aromatic nitrogens is 2. The van der Waals surface area contributed by atoms with Crippen molar-refractivity contribution in [3.05, 3.63) is 51.4 Å². The lowest BCUT2D eigenvalue weighted by molar-refractivity contribution is -0.127. The van der Waals surface area contributed by atoms with Crippen molar-refractivity contribution in [3.63, 3.8) is 0 Å². The van der Waals surface area contributed by atoms with Gasteiger partial charge in [-0.1, -0.05) is 35.5 Å². The predicted octanol–water partition coefficient (Wildman–Crippen LogP) is 4.34. The fourth-order valence-corrected chi connectivity index (χ4v) is 3.85. The topological polar surface area (TPSA) is 59.2 Å². The van der Waals surface area contributed by atoms with E-state index in [-0.39, 0.29) is 28.3 Å². The molecule has 0 aliphatic heterocycles. The van der Waals surface area contributed by atoms with Gasteiger partial charge in [-0.15, -0.1) is 21.5 Å². The van der Waals surface area contributed by atoms with Crippen LogP contribution in [0.3, 0.4) is 0 Å². The second-order valence-corrected chi connectivity index (χ2v) is 7.82. The SMILES string of the molecule is CN(Cc1ccc(Cl)s1)C(=O)CSc1nnc(-c2ccccc2F)o1. The number of amides is 1. The molecule has 1 amide bonds. The first kappa shape index (κ1) is 17.9. The van der Waals surface area contributed by atoms with Crippen LogP contribution in [0.1, 0.15) is 4.88 Å². The van der Waals surface area contributed by atoms with Crippen molar-refractivity contribution in [2.75, 3.05) is 12.8 Å². The molecule has 0 unspecified atom stereocenters. The van der Waals surface area contributed by atoms with Gasteiger partial charge < -0.3 is 9.32 Å². The highest BCUT2D eigenvalue weighted by atomic mass is 35.5. The number of thioether (sulfide) groups is 1. The van der Waals surface area contributed by atoms with Crippen LogP contribution >= 0.6 is 34.7 Å². The Kier molecular flexibility index (Phi) is 5.72. The van der Waals surface area contributed by atoms with Crippen LogP contribution in [-0.2, 0) is 11.3 Å². The standard InChI is InChI=1S/C16H13ClFN3O2S2/c1-21(8-10-6-7-13(17)25-10)14(22)9-24-16-20-19-15(23-16)11-4-2-3-5-12(11)18/h2-7H,8-9H2,1H3. The van der Waals surface area contributed by atoms with E-state index < -0.39 is 5.82 Å². The van der Waals surface area contributed by atoms with Crippen LogP contribution in [0.4, 0.5) is 4.39 Å². The summed E-state index contributed by atoms with van der Waals surface area (Å²) in [7, 11) is 1.72. The van der Waals surface area contributed by atoms with Crippen LogP contribution in [0, 0.1) is 5.82 Å². The highest BCUT2D eigenvalue weighted by Crippen LogP contribution is 2.26. The van der Waals surface area contributed by atoms with Gasteiger partial charge in [0.2, 0.25) is 5.91 Å². The van der Waals surface area contributed by atoms with E-state index >= 15 is 0 Å². The highest BCUT2D eigenvalue weighted by Gasteiger charge is 2.16. The molecule has 0 bridgehead atoms. The molecule has 25 heavy (non-hydrogen) atoms. The van der Waals surface area contributed by atoms with Crippen molar-refractivity contribution in [2.45, 2.75) is 11.8 Å². The fourth-order valence-electron chi connectivity index (χ4n) is 2.00. The minimum Gasteiger partial charge on any atom is -0.411 e. The van der Waals surface area contributed by atoms with Crippen molar-refractivity contribution < 1.29 is 13.6 Å². The van der Waals surface area contributed by atoms with Crippen molar-refractivity contribution in [1.29, 1.82) is 0 Å². The van der Waals surface area contributed by atoms with Crippen LogP contribution in [0.15, 0.2) is 46.0 Å².